The molecule has 2 aromatic rings. The fourth-order valence-electron chi connectivity index (χ4n) is 6.82. The second-order valence-corrected chi connectivity index (χ2v) is 13.3. The first-order chi connectivity index (χ1) is 20.7. The molecule has 0 saturated carbocycles. The summed E-state index contributed by atoms with van der Waals surface area (Å²) < 4.78 is 2.31. The van der Waals surface area contributed by atoms with Crippen LogP contribution in [0.1, 0.15) is 104 Å². The Hall–Kier alpha value is -3.40. The molecule has 0 spiro atoms. The van der Waals surface area contributed by atoms with E-state index in [1.54, 1.807) is 0 Å². The number of rotatable bonds is 15. The summed E-state index contributed by atoms with van der Waals surface area (Å²) in [5.41, 5.74) is 7.91. The summed E-state index contributed by atoms with van der Waals surface area (Å²) in [5, 5.41) is 3.11. The number of fused-ring (bicyclic) bond motifs is 2. The number of allylic oxidation sites excluding steroid dienone is 6. The van der Waals surface area contributed by atoms with Crippen LogP contribution in [0.2, 0.25) is 0 Å². The number of amides is 1. The zero-order valence-electron chi connectivity index (χ0n) is 27.6. The Morgan fingerprint density at radius 3 is 2.28 bits per heavy atom. The van der Waals surface area contributed by atoms with Gasteiger partial charge in [0, 0.05) is 54.0 Å². The Kier molecular flexibility index (Phi) is 11.2. The topological polar surface area (TPSA) is 35.4 Å². The van der Waals surface area contributed by atoms with Gasteiger partial charge in [-0.1, -0.05) is 108 Å². The quantitative estimate of drug-likeness (QED) is 0.130. The standard InChI is InChI=1S/C39H53N3O/c1-7-8-9-10-20-29-40-37(43)28-15-12-21-30-42-34-25-19-17-23-32(34)39(4,5)36(42)27-14-11-13-26-35-38(2,3)31-22-16-18-24-33(31)41(35)6/h11,13-14,16-19,22-27H,7-10,12,15,20-21,28-30H2,1-6H3/p+1. The lowest BCUT2D eigenvalue weighted by Crippen LogP contribution is -2.27. The van der Waals surface area contributed by atoms with E-state index in [2.05, 4.69) is 135 Å². The monoisotopic (exact) mass is 580 g/mol. The zero-order chi connectivity index (χ0) is 30.9. The van der Waals surface area contributed by atoms with Crippen molar-refractivity contribution in [2.75, 3.05) is 25.0 Å². The van der Waals surface area contributed by atoms with E-state index in [9.17, 15) is 4.79 Å². The largest absolute Gasteiger partial charge is 0.356 e. The first-order valence-corrected chi connectivity index (χ1v) is 16.6. The van der Waals surface area contributed by atoms with Crippen LogP contribution in [0.3, 0.4) is 0 Å². The van der Waals surface area contributed by atoms with Gasteiger partial charge in [-0.15, -0.1) is 0 Å². The van der Waals surface area contributed by atoms with Crippen molar-refractivity contribution in [1.82, 2.24) is 5.32 Å². The van der Waals surface area contributed by atoms with Crippen LogP contribution in [0.4, 0.5) is 11.4 Å². The van der Waals surface area contributed by atoms with E-state index in [0.717, 1.165) is 38.8 Å². The van der Waals surface area contributed by atoms with E-state index in [4.69, 9.17) is 0 Å². The van der Waals surface area contributed by atoms with Crippen LogP contribution in [0.25, 0.3) is 0 Å². The Bertz CT molecular complexity index is 1370. The number of hydrogen-bond donors (Lipinski definition) is 1. The van der Waals surface area contributed by atoms with Gasteiger partial charge in [-0.25, -0.2) is 0 Å². The fourth-order valence-corrected chi connectivity index (χ4v) is 6.82. The molecule has 230 valence electrons. The van der Waals surface area contributed by atoms with Crippen LogP contribution < -0.4 is 10.2 Å². The number of para-hydroxylation sites is 2. The molecule has 4 rings (SSSR count). The second kappa shape index (κ2) is 14.9. The lowest BCUT2D eigenvalue weighted by Gasteiger charge is -2.27. The molecule has 0 aromatic heterocycles. The number of nitrogens with one attached hydrogen (secondary N) is 1. The highest BCUT2D eigenvalue weighted by Gasteiger charge is 2.42. The lowest BCUT2D eigenvalue weighted by molar-refractivity contribution is -0.401. The number of unbranched alkanes of at least 4 members (excludes halogenated alkanes) is 6. The Balaban J connectivity index is 1.34. The van der Waals surface area contributed by atoms with Crippen LogP contribution in [-0.4, -0.2) is 36.3 Å². The van der Waals surface area contributed by atoms with E-state index in [-0.39, 0.29) is 16.7 Å². The van der Waals surface area contributed by atoms with Crippen molar-refractivity contribution < 1.29 is 9.37 Å². The highest BCUT2D eigenvalue weighted by Crippen LogP contribution is 2.47. The summed E-state index contributed by atoms with van der Waals surface area (Å²) in [6.45, 7) is 13.3. The average Bonchev–Trinajstić information content (AvgIpc) is 3.33. The number of carbonyl (C=O) groups excluding carboxylic acids is 1. The van der Waals surface area contributed by atoms with Gasteiger partial charge in [0.25, 0.3) is 0 Å². The van der Waals surface area contributed by atoms with Crippen LogP contribution in [0.15, 0.2) is 84.6 Å². The summed E-state index contributed by atoms with van der Waals surface area (Å²) in [6, 6.07) is 17.5. The predicted octanol–water partition coefficient (Wildman–Crippen LogP) is 9.13. The molecule has 2 aliphatic rings. The van der Waals surface area contributed by atoms with Crippen molar-refractivity contribution in [3.05, 3.63) is 95.7 Å². The number of hydrogen-bond acceptors (Lipinski definition) is 2. The first-order valence-electron chi connectivity index (χ1n) is 16.6. The first kappa shape index (κ1) is 32.5. The fraction of sp³-hybridized carbons (Fsp3) is 0.487. The molecule has 0 radical (unpaired) electrons. The molecule has 1 amide bonds. The van der Waals surface area contributed by atoms with Gasteiger partial charge >= 0.3 is 0 Å². The summed E-state index contributed by atoms with van der Waals surface area (Å²) >= 11 is 0. The summed E-state index contributed by atoms with van der Waals surface area (Å²) in [5.74, 6) is 0.205. The number of anilines is 1. The molecule has 4 nitrogen and oxygen atoms in total. The molecule has 0 fully saturated rings. The molecule has 4 heteroatoms. The van der Waals surface area contributed by atoms with Crippen molar-refractivity contribution in [1.29, 1.82) is 0 Å². The van der Waals surface area contributed by atoms with Crippen molar-refractivity contribution >= 4 is 23.0 Å². The van der Waals surface area contributed by atoms with Crippen LogP contribution in [-0.2, 0) is 15.6 Å². The third-order valence-electron chi connectivity index (χ3n) is 9.36. The van der Waals surface area contributed by atoms with Gasteiger partial charge in [0.1, 0.15) is 7.05 Å². The predicted molar refractivity (Wildman–Crippen MR) is 184 cm³/mol. The maximum atomic E-state index is 12.3. The minimum absolute atomic E-state index is 0.0189. The van der Waals surface area contributed by atoms with Crippen LogP contribution >= 0.6 is 0 Å². The molecule has 2 aliphatic heterocycles. The molecule has 43 heavy (non-hydrogen) atoms. The highest BCUT2D eigenvalue weighted by atomic mass is 16.1. The van der Waals surface area contributed by atoms with Gasteiger partial charge in [0.2, 0.25) is 11.6 Å². The van der Waals surface area contributed by atoms with Crippen LogP contribution in [0, 0.1) is 0 Å². The molecule has 1 N–H and O–H groups in total. The smallest absolute Gasteiger partial charge is 0.219 e. The third-order valence-corrected chi connectivity index (χ3v) is 9.36. The van der Waals surface area contributed by atoms with Crippen molar-refractivity contribution in [3.63, 3.8) is 0 Å². The SMILES string of the molecule is CCCCCCCNC(=O)CCCCCN1C(=CC=CC=CC2=[N+](C)c3ccccc3C2(C)C)C(C)(C)c2ccccc21. The van der Waals surface area contributed by atoms with Gasteiger partial charge < -0.3 is 10.2 Å². The van der Waals surface area contributed by atoms with Gasteiger partial charge in [0.05, 0.1) is 5.41 Å². The second-order valence-electron chi connectivity index (χ2n) is 13.3. The molecule has 0 aliphatic carbocycles. The van der Waals surface area contributed by atoms with Gasteiger partial charge in [0.15, 0.2) is 5.71 Å². The van der Waals surface area contributed by atoms with Crippen molar-refractivity contribution in [2.24, 2.45) is 0 Å². The van der Waals surface area contributed by atoms with E-state index < -0.39 is 0 Å². The Morgan fingerprint density at radius 2 is 1.51 bits per heavy atom. The van der Waals surface area contributed by atoms with Gasteiger partial charge in [-0.05, 0) is 50.8 Å². The summed E-state index contributed by atoms with van der Waals surface area (Å²) in [7, 11) is 2.16. The minimum Gasteiger partial charge on any atom is -0.356 e. The molecule has 2 aromatic carbocycles. The van der Waals surface area contributed by atoms with Gasteiger partial charge in [-0.3, -0.25) is 4.79 Å². The van der Waals surface area contributed by atoms with E-state index in [1.807, 2.05) is 0 Å². The molecule has 2 heterocycles. The van der Waals surface area contributed by atoms with Crippen molar-refractivity contribution in [3.8, 4) is 0 Å². The molecular formula is C39H54N3O+. The Morgan fingerprint density at radius 1 is 0.814 bits per heavy atom. The molecule has 0 bridgehead atoms. The number of carbonyl (C=O) groups is 1. The van der Waals surface area contributed by atoms with E-state index in [1.165, 1.54) is 59.6 Å². The molecule has 0 saturated heterocycles. The van der Waals surface area contributed by atoms with Gasteiger partial charge in [-0.2, -0.15) is 4.58 Å². The van der Waals surface area contributed by atoms with Crippen molar-refractivity contribution in [2.45, 2.75) is 103 Å². The molecule has 0 atom stereocenters. The number of benzene rings is 2. The maximum absolute atomic E-state index is 12.3. The third kappa shape index (κ3) is 7.58. The lowest BCUT2D eigenvalue weighted by atomic mass is 9.81. The Labute approximate surface area is 261 Å². The highest BCUT2D eigenvalue weighted by molar-refractivity contribution is 6.03. The normalized spacial score (nSPS) is 17.8. The zero-order valence-corrected chi connectivity index (χ0v) is 27.6. The minimum atomic E-state index is -0.0638. The summed E-state index contributed by atoms with van der Waals surface area (Å²) in [6.07, 6.45) is 20.9. The van der Waals surface area contributed by atoms with E-state index in [0.29, 0.717) is 6.42 Å². The van der Waals surface area contributed by atoms with E-state index >= 15 is 0 Å². The number of nitrogens with zero attached hydrogens (tertiary/aromatic N) is 2. The average molecular weight is 581 g/mol. The summed E-state index contributed by atoms with van der Waals surface area (Å²) in [4.78, 5) is 14.8. The molecule has 0 unspecified atom stereocenters. The maximum Gasteiger partial charge on any atom is 0.219 e. The van der Waals surface area contributed by atoms with Crippen LogP contribution in [0.5, 0.6) is 0 Å². The molecular weight excluding hydrogens is 526 g/mol.